The smallest absolute Gasteiger partial charge is 0.164 e. The topological polar surface area (TPSA) is 41.9 Å². The van der Waals surface area contributed by atoms with Gasteiger partial charge in [0, 0.05) is 22.4 Å². The first-order valence-corrected chi connectivity index (χ1v) is 23.2. The number of hydrogen-bond acceptors (Lipinski definition) is 4. The van der Waals surface area contributed by atoms with Gasteiger partial charge in [-0.25, -0.2) is 15.0 Å². The lowest BCUT2D eigenvalue weighted by molar-refractivity contribution is 0.753. The molecule has 2 heterocycles. The van der Waals surface area contributed by atoms with Gasteiger partial charge in [0.2, 0.25) is 0 Å². The van der Waals surface area contributed by atoms with Crippen molar-refractivity contribution in [3.05, 3.63) is 277 Å². The minimum absolute atomic E-state index is 0.622. The van der Waals surface area contributed by atoms with E-state index in [4.69, 9.17) is 15.0 Å². The van der Waals surface area contributed by atoms with Crippen LogP contribution in [0, 0.1) is 0 Å². The van der Waals surface area contributed by atoms with Crippen molar-refractivity contribution < 1.29 is 0 Å². The van der Waals surface area contributed by atoms with Crippen LogP contribution in [0.25, 0.3) is 78.7 Å². The van der Waals surface area contributed by atoms with E-state index >= 15 is 0 Å². The Hall–Kier alpha value is -8.99. The molecule has 1 aliphatic heterocycles. The summed E-state index contributed by atoms with van der Waals surface area (Å²) in [6, 6.07) is 91.3. The minimum Gasteiger partial charge on any atom is -0.310 e. The number of rotatable bonds is 7. The molecule has 1 spiro atoms. The van der Waals surface area contributed by atoms with Crippen LogP contribution in [0.4, 0.5) is 17.1 Å². The molecule has 13 rings (SSSR count). The number of nitrogens with zero attached hydrogens (tertiary/aromatic N) is 4. The van der Waals surface area contributed by atoms with Crippen molar-refractivity contribution in [2.24, 2.45) is 0 Å². The molecule has 0 unspecified atom stereocenters. The van der Waals surface area contributed by atoms with Gasteiger partial charge in [-0.05, 0) is 97.1 Å². The highest BCUT2D eigenvalue weighted by Crippen LogP contribution is 2.65. The first kappa shape index (κ1) is 39.4. The zero-order valence-corrected chi connectivity index (χ0v) is 37.0. The number of para-hydroxylation sites is 3. The first-order chi connectivity index (χ1) is 33.7. The van der Waals surface area contributed by atoms with Crippen molar-refractivity contribution in [2.75, 3.05) is 4.90 Å². The standard InChI is InChI=1S/C64H42N4/c1-5-20-43(21-6-1)44-36-38-47(39-37-44)62-65-61(46-24-9-3-10-25-46)66-63(67-62)52-30-19-33-57-60(52)53-42-48(51-29-14-13-28-50(51)45-22-7-2-8-23-45)40-41-54(53)64(57)55-31-15-17-34-58(55)68(49-26-11-4-12-27-49)59-35-18-16-32-56(59)64/h1-42H. The molecule has 4 nitrogen and oxygen atoms in total. The molecule has 11 aromatic rings. The normalized spacial score (nSPS) is 12.8. The number of hydrogen-bond donors (Lipinski definition) is 0. The van der Waals surface area contributed by atoms with E-state index in [1.165, 1.54) is 38.9 Å². The minimum atomic E-state index is -0.679. The van der Waals surface area contributed by atoms with Crippen LogP contribution in [-0.4, -0.2) is 15.0 Å². The molecule has 0 N–H and O–H groups in total. The van der Waals surface area contributed by atoms with E-state index < -0.39 is 5.41 Å². The number of anilines is 3. The molecular weight excluding hydrogens is 825 g/mol. The summed E-state index contributed by atoms with van der Waals surface area (Å²) in [5.74, 6) is 1.87. The maximum absolute atomic E-state index is 5.43. The van der Waals surface area contributed by atoms with Crippen molar-refractivity contribution in [1.82, 2.24) is 15.0 Å². The van der Waals surface area contributed by atoms with Gasteiger partial charge in [-0.3, -0.25) is 0 Å². The monoisotopic (exact) mass is 866 g/mol. The third-order valence-corrected chi connectivity index (χ3v) is 13.8. The predicted octanol–water partition coefficient (Wildman–Crippen LogP) is 16.0. The molecule has 10 aromatic carbocycles. The molecule has 1 aliphatic carbocycles. The fourth-order valence-corrected chi connectivity index (χ4v) is 10.8. The van der Waals surface area contributed by atoms with Crippen LogP contribution in [-0.2, 0) is 5.41 Å². The van der Waals surface area contributed by atoms with Crippen LogP contribution >= 0.6 is 0 Å². The quantitative estimate of drug-likeness (QED) is 0.160. The highest BCUT2D eigenvalue weighted by Gasteiger charge is 2.52. The van der Waals surface area contributed by atoms with E-state index in [1.807, 2.05) is 24.3 Å². The average Bonchev–Trinajstić information content (AvgIpc) is 3.72. The van der Waals surface area contributed by atoms with Crippen molar-refractivity contribution in [1.29, 1.82) is 0 Å². The van der Waals surface area contributed by atoms with E-state index in [-0.39, 0.29) is 0 Å². The Balaban J connectivity index is 1.09. The first-order valence-electron chi connectivity index (χ1n) is 23.2. The maximum Gasteiger partial charge on any atom is 0.164 e. The second-order valence-electron chi connectivity index (χ2n) is 17.5. The molecule has 0 bridgehead atoms. The lowest BCUT2D eigenvalue weighted by Gasteiger charge is -2.45. The Morgan fingerprint density at radius 3 is 1.32 bits per heavy atom. The Labute approximate surface area is 396 Å². The van der Waals surface area contributed by atoms with E-state index in [1.54, 1.807) is 0 Å². The van der Waals surface area contributed by atoms with Gasteiger partial charge < -0.3 is 4.90 Å². The van der Waals surface area contributed by atoms with Crippen LogP contribution in [0.15, 0.2) is 255 Å². The highest BCUT2D eigenvalue weighted by atomic mass is 15.2. The van der Waals surface area contributed by atoms with Gasteiger partial charge in [0.05, 0.1) is 16.8 Å². The van der Waals surface area contributed by atoms with E-state index in [0.717, 1.165) is 61.6 Å². The summed E-state index contributed by atoms with van der Waals surface area (Å²) in [6.07, 6.45) is 0. The van der Waals surface area contributed by atoms with Crippen LogP contribution in [0.1, 0.15) is 22.3 Å². The molecule has 2 aliphatic rings. The molecule has 1 aromatic heterocycles. The largest absolute Gasteiger partial charge is 0.310 e. The van der Waals surface area contributed by atoms with Crippen molar-refractivity contribution in [3.8, 4) is 78.7 Å². The lowest BCUT2D eigenvalue weighted by atomic mass is 9.64. The lowest BCUT2D eigenvalue weighted by Crippen LogP contribution is -2.36. The summed E-state index contributed by atoms with van der Waals surface area (Å²) < 4.78 is 0. The number of fused-ring (bicyclic) bond motifs is 9. The summed E-state index contributed by atoms with van der Waals surface area (Å²) in [7, 11) is 0. The molecule has 0 saturated carbocycles. The Bertz CT molecular complexity index is 3620. The van der Waals surface area contributed by atoms with E-state index in [9.17, 15) is 0 Å². The summed E-state index contributed by atoms with van der Waals surface area (Å²) in [6.45, 7) is 0. The zero-order valence-electron chi connectivity index (χ0n) is 37.0. The molecule has 318 valence electrons. The third kappa shape index (κ3) is 6.26. The van der Waals surface area contributed by atoms with E-state index in [2.05, 4.69) is 235 Å². The highest BCUT2D eigenvalue weighted by molar-refractivity contribution is 6.01. The van der Waals surface area contributed by atoms with Gasteiger partial charge in [-0.2, -0.15) is 0 Å². The summed E-state index contributed by atoms with van der Waals surface area (Å²) in [5.41, 5.74) is 19.7. The maximum atomic E-state index is 5.43. The second-order valence-corrected chi connectivity index (χ2v) is 17.5. The SMILES string of the molecule is c1ccc(-c2ccc(-c3nc(-c4ccccc4)nc(-c4cccc5c4-c4cc(-c6ccccc6-c6ccccc6)ccc4C54c5ccccc5N(c5ccccc5)c5ccccc54)n3)cc2)cc1. The fraction of sp³-hybridized carbons (Fsp3) is 0.0156. The average molecular weight is 867 g/mol. The molecule has 68 heavy (non-hydrogen) atoms. The van der Waals surface area contributed by atoms with Crippen molar-refractivity contribution in [3.63, 3.8) is 0 Å². The van der Waals surface area contributed by atoms with Crippen molar-refractivity contribution >= 4 is 17.1 Å². The Morgan fingerprint density at radius 2 is 0.691 bits per heavy atom. The van der Waals surface area contributed by atoms with Gasteiger partial charge in [-0.1, -0.05) is 224 Å². The number of aromatic nitrogens is 3. The van der Waals surface area contributed by atoms with Gasteiger partial charge in [0.1, 0.15) is 0 Å². The van der Waals surface area contributed by atoms with E-state index in [0.29, 0.717) is 17.5 Å². The predicted molar refractivity (Wildman–Crippen MR) is 278 cm³/mol. The van der Waals surface area contributed by atoms with Crippen LogP contribution < -0.4 is 4.90 Å². The number of benzene rings is 10. The molecule has 0 radical (unpaired) electrons. The third-order valence-electron chi connectivity index (χ3n) is 13.8. The molecule has 0 atom stereocenters. The molecule has 0 fully saturated rings. The molecule has 0 amide bonds. The van der Waals surface area contributed by atoms with Crippen LogP contribution in [0.3, 0.4) is 0 Å². The van der Waals surface area contributed by atoms with Gasteiger partial charge in [-0.15, -0.1) is 0 Å². The fourth-order valence-electron chi connectivity index (χ4n) is 10.8. The van der Waals surface area contributed by atoms with Gasteiger partial charge in [0.25, 0.3) is 0 Å². The van der Waals surface area contributed by atoms with Gasteiger partial charge >= 0.3 is 0 Å². The Kier molecular flexibility index (Phi) is 9.36. The molecular formula is C64H42N4. The molecule has 4 heteroatoms. The summed E-state index contributed by atoms with van der Waals surface area (Å²) in [4.78, 5) is 18.4. The van der Waals surface area contributed by atoms with Crippen LogP contribution in [0.2, 0.25) is 0 Å². The second kappa shape index (κ2) is 16.2. The van der Waals surface area contributed by atoms with Gasteiger partial charge in [0.15, 0.2) is 17.5 Å². The van der Waals surface area contributed by atoms with Crippen LogP contribution in [0.5, 0.6) is 0 Å². The Morgan fingerprint density at radius 1 is 0.265 bits per heavy atom. The zero-order chi connectivity index (χ0) is 45.0. The summed E-state index contributed by atoms with van der Waals surface area (Å²) in [5, 5.41) is 0. The summed E-state index contributed by atoms with van der Waals surface area (Å²) >= 11 is 0. The molecule has 0 saturated heterocycles. The van der Waals surface area contributed by atoms with Crippen molar-refractivity contribution in [2.45, 2.75) is 5.41 Å².